The summed E-state index contributed by atoms with van der Waals surface area (Å²) >= 11 is 0. The summed E-state index contributed by atoms with van der Waals surface area (Å²) in [5.41, 5.74) is 0.847. The molecule has 1 aliphatic heterocycles. The van der Waals surface area contributed by atoms with Crippen molar-refractivity contribution in [1.29, 1.82) is 0 Å². The lowest BCUT2D eigenvalue weighted by molar-refractivity contribution is -0.130. The first-order valence-electron chi connectivity index (χ1n) is 10.9. The van der Waals surface area contributed by atoms with Gasteiger partial charge in [-0.05, 0) is 50.3 Å². The van der Waals surface area contributed by atoms with Gasteiger partial charge in [-0.2, -0.15) is 8.78 Å². The maximum Gasteiger partial charge on any atom is 0.387 e. The fraction of sp³-hybridized carbons (Fsp3) is 0.636. The van der Waals surface area contributed by atoms with E-state index in [2.05, 4.69) is 20.4 Å². The Hall–Kier alpha value is -2.58. The first kappa shape index (κ1) is 24.7. The summed E-state index contributed by atoms with van der Waals surface area (Å²) in [5.74, 6) is 1.25. The molecule has 0 radical (unpaired) electrons. The van der Waals surface area contributed by atoms with Gasteiger partial charge in [0, 0.05) is 39.1 Å². The van der Waals surface area contributed by atoms with Crippen molar-refractivity contribution in [3.8, 4) is 11.5 Å². The monoisotopic (exact) mass is 440 g/mol. The predicted octanol–water partition coefficient (Wildman–Crippen LogP) is 3.19. The van der Waals surface area contributed by atoms with E-state index in [0.717, 1.165) is 50.9 Å². The van der Waals surface area contributed by atoms with E-state index in [1.165, 1.54) is 7.11 Å². The highest BCUT2D eigenvalue weighted by atomic mass is 19.3. The second-order valence-corrected chi connectivity index (χ2v) is 7.35. The summed E-state index contributed by atoms with van der Waals surface area (Å²) in [4.78, 5) is 18.6. The Balaban J connectivity index is 1.81. The molecule has 0 bridgehead atoms. The van der Waals surface area contributed by atoms with Crippen molar-refractivity contribution < 1.29 is 23.0 Å². The molecule has 0 atom stereocenters. The number of hydrogen-bond acceptors (Lipinski definition) is 4. The number of aliphatic imine (C=N–C) groups is 1. The van der Waals surface area contributed by atoms with Crippen LogP contribution in [0.15, 0.2) is 23.2 Å². The number of rotatable bonds is 11. The van der Waals surface area contributed by atoms with Crippen LogP contribution in [0.25, 0.3) is 0 Å². The van der Waals surface area contributed by atoms with Crippen LogP contribution in [0.1, 0.15) is 44.6 Å². The average Bonchev–Trinajstić information content (AvgIpc) is 2.95. The molecule has 0 aliphatic carbocycles. The Bertz CT molecular complexity index is 716. The highest BCUT2D eigenvalue weighted by molar-refractivity contribution is 5.79. The largest absolute Gasteiger partial charge is 0.493 e. The number of carbonyl (C=O) groups is 1. The summed E-state index contributed by atoms with van der Waals surface area (Å²) in [7, 11) is 1.41. The fourth-order valence-electron chi connectivity index (χ4n) is 3.46. The van der Waals surface area contributed by atoms with Crippen molar-refractivity contribution in [3.05, 3.63) is 23.8 Å². The van der Waals surface area contributed by atoms with Gasteiger partial charge in [0.1, 0.15) is 0 Å². The van der Waals surface area contributed by atoms with Crippen LogP contribution in [0.4, 0.5) is 8.78 Å². The Labute approximate surface area is 183 Å². The fourth-order valence-corrected chi connectivity index (χ4v) is 3.46. The van der Waals surface area contributed by atoms with Crippen LogP contribution >= 0.6 is 0 Å². The van der Waals surface area contributed by atoms with Gasteiger partial charge in [0.05, 0.1) is 7.11 Å². The van der Waals surface area contributed by atoms with Gasteiger partial charge >= 0.3 is 6.61 Å². The van der Waals surface area contributed by atoms with Gasteiger partial charge < -0.3 is 25.0 Å². The number of alkyl halides is 2. The topological polar surface area (TPSA) is 75.2 Å². The minimum Gasteiger partial charge on any atom is -0.493 e. The molecule has 1 saturated heterocycles. The summed E-state index contributed by atoms with van der Waals surface area (Å²) in [6.07, 6.45) is 5.27. The van der Waals surface area contributed by atoms with Crippen LogP contribution in [0, 0.1) is 0 Å². The van der Waals surface area contributed by atoms with Gasteiger partial charge in [-0.25, -0.2) is 0 Å². The van der Waals surface area contributed by atoms with Crippen LogP contribution < -0.4 is 20.1 Å². The lowest BCUT2D eigenvalue weighted by atomic mass is 10.1. The van der Waals surface area contributed by atoms with Crippen molar-refractivity contribution in [2.24, 2.45) is 4.99 Å². The minimum atomic E-state index is -2.90. The maximum absolute atomic E-state index is 12.6. The van der Waals surface area contributed by atoms with Gasteiger partial charge in [0.15, 0.2) is 17.5 Å². The number of carbonyl (C=O) groups excluding carboxylic acids is 1. The molecule has 2 rings (SSSR count). The average molecular weight is 441 g/mol. The molecular formula is C22H34F2N4O3. The van der Waals surface area contributed by atoms with Gasteiger partial charge in [0.2, 0.25) is 5.91 Å². The molecule has 9 heteroatoms. The van der Waals surface area contributed by atoms with Crippen LogP contribution in [0.5, 0.6) is 11.5 Å². The van der Waals surface area contributed by atoms with Crippen LogP contribution in [-0.2, 0) is 11.2 Å². The molecule has 174 valence electrons. The molecule has 1 aromatic carbocycles. The first-order valence-corrected chi connectivity index (χ1v) is 10.9. The van der Waals surface area contributed by atoms with Crippen LogP contribution in [-0.4, -0.2) is 63.2 Å². The summed E-state index contributed by atoms with van der Waals surface area (Å²) in [6.45, 7) is 2.60. The molecule has 1 aliphatic rings. The van der Waals surface area contributed by atoms with Crippen LogP contribution in [0.2, 0.25) is 0 Å². The van der Waals surface area contributed by atoms with E-state index in [-0.39, 0.29) is 17.4 Å². The van der Waals surface area contributed by atoms with Crippen molar-refractivity contribution in [1.82, 2.24) is 15.5 Å². The molecule has 0 saturated carbocycles. The lowest BCUT2D eigenvalue weighted by Gasteiger charge is -2.20. The SMILES string of the molecule is CCNC(=NCCCN1CCCCCC1=O)NCCc1ccc(OC)c(OC(F)F)c1. The molecule has 2 N–H and O–H groups in total. The third kappa shape index (κ3) is 8.98. The number of nitrogens with zero attached hydrogens (tertiary/aromatic N) is 2. The number of ether oxygens (including phenoxy) is 2. The third-order valence-electron chi connectivity index (χ3n) is 5.02. The van der Waals surface area contributed by atoms with E-state index in [0.29, 0.717) is 31.9 Å². The zero-order valence-corrected chi connectivity index (χ0v) is 18.5. The Morgan fingerprint density at radius 1 is 1.23 bits per heavy atom. The second kappa shape index (κ2) is 13.7. The van der Waals surface area contributed by atoms with Crippen molar-refractivity contribution >= 4 is 11.9 Å². The van der Waals surface area contributed by atoms with E-state index < -0.39 is 6.61 Å². The summed E-state index contributed by atoms with van der Waals surface area (Å²) < 4.78 is 34.8. The van der Waals surface area contributed by atoms with E-state index in [4.69, 9.17) is 4.74 Å². The molecule has 1 heterocycles. The number of benzene rings is 1. The maximum atomic E-state index is 12.6. The van der Waals surface area contributed by atoms with Gasteiger partial charge in [-0.1, -0.05) is 12.5 Å². The van der Waals surface area contributed by atoms with E-state index >= 15 is 0 Å². The zero-order chi connectivity index (χ0) is 22.5. The van der Waals surface area contributed by atoms with Gasteiger partial charge in [0.25, 0.3) is 0 Å². The van der Waals surface area contributed by atoms with Crippen molar-refractivity contribution in [2.45, 2.75) is 52.1 Å². The lowest BCUT2D eigenvalue weighted by Crippen LogP contribution is -2.38. The minimum absolute atomic E-state index is 0.0265. The molecule has 1 aromatic rings. The quantitative estimate of drug-likeness (QED) is 0.314. The molecule has 31 heavy (non-hydrogen) atoms. The molecule has 0 aromatic heterocycles. The van der Waals surface area contributed by atoms with E-state index in [1.54, 1.807) is 12.1 Å². The van der Waals surface area contributed by atoms with Crippen LogP contribution in [0.3, 0.4) is 0 Å². The number of halogens is 2. The van der Waals surface area contributed by atoms with E-state index in [1.807, 2.05) is 17.9 Å². The second-order valence-electron chi connectivity index (χ2n) is 7.35. The standard InChI is InChI=1S/C22H34F2N4O3/c1-3-25-22(26-12-7-15-28-14-6-4-5-8-20(28)29)27-13-11-17-9-10-18(30-2)19(16-17)31-21(23)24/h9-10,16,21H,3-8,11-15H2,1-2H3,(H2,25,26,27). The number of guanidine groups is 1. The normalized spacial score (nSPS) is 15.1. The first-order chi connectivity index (χ1) is 15.0. The molecule has 1 amide bonds. The molecule has 1 fully saturated rings. The third-order valence-corrected chi connectivity index (χ3v) is 5.02. The Kier molecular flexibility index (Phi) is 10.9. The van der Waals surface area contributed by atoms with Crippen molar-refractivity contribution in [2.75, 3.05) is 39.8 Å². The molecular weight excluding hydrogens is 406 g/mol. The number of hydrogen-bond donors (Lipinski definition) is 2. The smallest absolute Gasteiger partial charge is 0.387 e. The predicted molar refractivity (Wildman–Crippen MR) is 117 cm³/mol. The Morgan fingerprint density at radius 3 is 2.81 bits per heavy atom. The number of nitrogens with one attached hydrogen (secondary N) is 2. The molecule has 0 unspecified atom stereocenters. The number of amides is 1. The van der Waals surface area contributed by atoms with Gasteiger partial charge in [-0.15, -0.1) is 0 Å². The summed E-state index contributed by atoms with van der Waals surface area (Å²) in [5, 5.41) is 6.45. The number of methoxy groups -OCH3 is 1. The Morgan fingerprint density at radius 2 is 2.06 bits per heavy atom. The summed E-state index contributed by atoms with van der Waals surface area (Å²) in [6, 6.07) is 5.01. The van der Waals surface area contributed by atoms with E-state index in [9.17, 15) is 13.6 Å². The highest BCUT2D eigenvalue weighted by Gasteiger charge is 2.15. The highest BCUT2D eigenvalue weighted by Crippen LogP contribution is 2.29. The molecule has 0 spiro atoms. The molecule has 7 nitrogen and oxygen atoms in total. The zero-order valence-electron chi connectivity index (χ0n) is 18.5. The van der Waals surface area contributed by atoms with Crippen molar-refractivity contribution in [3.63, 3.8) is 0 Å². The number of likely N-dealkylation sites (tertiary alicyclic amines) is 1. The van der Waals surface area contributed by atoms with Gasteiger partial charge in [-0.3, -0.25) is 9.79 Å².